The van der Waals surface area contributed by atoms with Crippen LogP contribution < -0.4 is 10.6 Å². The summed E-state index contributed by atoms with van der Waals surface area (Å²) in [4.78, 5) is 37.7. The summed E-state index contributed by atoms with van der Waals surface area (Å²) in [5.74, 6) is -1.19. The molecule has 0 saturated carbocycles. The zero-order valence-electron chi connectivity index (χ0n) is 17.4. The Kier molecular flexibility index (Phi) is 7.96. The highest BCUT2D eigenvalue weighted by atomic mass is 32.1. The summed E-state index contributed by atoms with van der Waals surface area (Å²) in [5, 5.41) is 7.23. The second kappa shape index (κ2) is 10.2. The number of hydrogen-bond acceptors (Lipinski definition) is 5. The van der Waals surface area contributed by atoms with Gasteiger partial charge in [-0.15, -0.1) is 11.3 Å². The molecule has 0 radical (unpaired) electrons. The molecule has 0 unspecified atom stereocenters. The Morgan fingerprint density at radius 1 is 0.966 bits per heavy atom. The molecule has 2 atom stereocenters. The molecule has 0 aliphatic heterocycles. The van der Waals surface area contributed by atoms with Crippen molar-refractivity contribution in [2.24, 2.45) is 5.92 Å². The number of rotatable bonds is 8. The summed E-state index contributed by atoms with van der Waals surface area (Å²) in [6.45, 7) is 9.31. The second-order valence-electron chi connectivity index (χ2n) is 7.52. The molecule has 1 aromatic carbocycles. The third-order valence-corrected chi connectivity index (χ3v) is 5.33. The molecule has 6 nitrogen and oxygen atoms in total. The molecule has 1 heterocycles. The highest BCUT2D eigenvalue weighted by Gasteiger charge is 2.29. The van der Waals surface area contributed by atoms with E-state index in [4.69, 9.17) is 4.74 Å². The number of carbonyl (C=O) groups is 3. The van der Waals surface area contributed by atoms with Crippen molar-refractivity contribution in [2.45, 2.75) is 52.7 Å². The van der Waals surface area contributed by atoms with Crippen LogP contribution in [0.4, 0.5) is 5.69 Å². The highest BCUT2D eigenvalue weighted by molar-refractivity contribution is 7.12. The lowest BCUT2D eigenvalue weighted by molar-refractivity contribution is -0.156. The van der Waals surface area contributed by atoms with Gasteiger partial charge in [0.25, 0.3) is 11.8 Å². The average Bonchev–Trinajstić information content (AvgIpc) is 3.20. The first-order valence-electron chi connectivity index (χ1n) is 9.64. The monoisotopic (exact) mass is 416 g/mol. The predicted octanol–water partition coefficient (Wildman–Crippen LogP) is 4.20. The standard InChI is InChI=1S/C22H28N2O4S/c1-13(2)16-8-10-17(11-9-16)23-20(25)15(5)28-22(27)19(14(3)4)24-21(26)18-7-6-12-29-18/h6-15,19H,1-5H3,(H,23,25)(H,24,26)/t15-,19-/m0/s1. The van der Waals surface area contributed by atoms with Gasteiger partial charge in [-0.3, -0.25) is 9.59 Å². The second-order valence-corrected chi connectivity index (χ2v) is 8.47. The SMILES string of the molecule is CC(C)c1ccc(NC(=O)[C@H](C)OC(=O)[C@@H](NC(=O)c2cccs2)C(C)C)cc1. The minimum atomic E-state index is -0.993. The first kappa shape index (κ1) is 22.6. The van der Waals surface area contributed by atoms with Crippen molar-refractivity contribution < 1.29 is 19.1 Å². The van der Waals surface area contributed by atoms with Crippen LogP contribution >= 0.6 is 11.3 Å². The van der Waals surface area contributed by atoms with Gasteiger partial charge in [0.05, 0.1) is 4.88 Å². The van der Waals surface area contributed by atoms with Crippen LogP contribution in [0.2, 0.25) is 0 Å². The maximum Gasteiger partial charge on any atom is 0.329 e. The molecule has 2 rings (SSSR count). The average molecular weight is 417 g/mol. The third-order valence-electron chi connectivity index (χ3n) is 4.46. The lowest BCUT2D eigenvalue weighted by Gasteiger charge is -2.22. The summed E-state index contributed by atoms with van der Waals surface area (Å²) in [5.41, 5.74) is 1.80. The van der Waals surface area contributed by atoms with Crippen molar-refractivity contribution in [1.82, 2.24) is 5.32 Å². The van der Waals surface area contributed by atoms with Crippen molar-refractivity contribution in [2.75, 3.05) is 5.32 Å². The fourth-order valence-electron chi connectivity index (χ4n) is 2.61. The molecule has 0 aliphatic rings. The van der Waals surface area contributed by atoms with Crippen molar-refractivity contribution in [3.8, 4) is 0 Å². The molecule has 156 valence electrons. The van der Waals surface area contributed by atoms with Gasteiger partial charge in [0.1, 0.15) is 6.04 Å². The Labute approximate surface area is 175 Å². The van der Waals surface area contributed by atoms with E-state index in [0.717, 1.165) is 0 Å². The van der Waals surface area contributed by atoms with Gasteiger partial charge < -0.3 is 15.4 Å². The lowest BCUT2D eigenvalue weighted by Crippen LogP contribution is -2.47. The first-order valence-corrected chi connectivity index (χ1v) is 10.5. The fourth-order valence-corrected chi connectivity index (χ4v) is 3.24. The van der Waals surface area contributed by atoms with Crippen molar-refractivity contribution in [3.63, 3.8) is 0 Å². The molecule has 2 aromatic rings. The Morgan fingerprint density at radius 2 is 1.62 bits per heavy atom. The number of amides is 2. The van der Waals surface area contributed by atoms with E-state index < -0.39 is 24.0 Å². The van der Waals surface area contributed by atoms with Gasteiger partial charge >= 0.3 is 5.97 Å². The van der Waals surface area contributed by atoms with E-state index in [-0.39, 0.29) is 11.8 Å². The topological polar surface area (TPSA) is 84.5 Å². The van der Waals surface area contributed by atoms with Crippen molar-refractivity contribution in [1.29, 1.82) is 0 Å². The van der Waals surface area contributed by atoms with Crippen molar-refractivity contribution >= 4 is 34.8 Å². The third kappa shape index (κ3) is 6.42. The summed E-state index contributed by atoms with van der Waals surface area (Å²) >= 11 is 1.29. The Hall–Kier alpha value is -2.67. The van der Waals surface area contributed by atoms with Gasteiger partial charge in [-0.1, -0.05) is 45.9 Å². The van der Waals surface area contributed by atoms with Crippen LogP contribution in [0.3, 0.4) is 0 Å². The first-order chi connectivity index (χ1) is 13.7. The van der Waals surface area contributed by atoms with E-state index in [2.05, 4.69) is 24.5 Å². The summed E-state index contributed by atoms with van der Waals surface area (Å²) in [6.07, 6.45) is -0.993. The molecular formula is C22H28N2O4S. The molecule has 1 aromatic heterocycles. The molecule has 7 heteroatoms. The van der Waals surface area contributed by atoms with E-state index in [0.29, 0.717) is 16.5 Å². The minimum Gasteiger partial charge on any atom is -0.451 e. The molecule has 2 amide bonds. The maximum atomic E-state index is 12.6. The quantitative estimate of drug-likeness (QED) is 0.632. The predicted molar refractivity (Wildman–Crippen MR) is 115 cm³/mol. The van der Waals surface area contributed by atoms with Crippen LogP contribution in [-0.4, -0.2) is 29.9 Å². The maximum absolute atomic E-state index is 12.6. The Bertz CT molecular complexity index is 829. The van der Waals surface area contributed by atoms with Gasteiger partial charge in [-0.2, -0.15) is 0 Å². The molecule has 29 heavy (non-hydrogen) atoms. The highest BCUT2D eigenvalue weighted by Crippen LogP contribution is 2.18. The van der Waals surface area contributed by atoms with Crippen molar-refractivity contribution in [3.05, 3.63) is 52.2 Å². The van der Waals surface area contributed by atoms with E-state index in [1.807, 2.05) is 38.1 Å². The van der Waals surface area contributed by atoms with Crippen LogP contribution in [0, 0.1) is 5.92 Å². The number of hydrogen-bond donors (Lipinski definition) is 2. The van der Waals surface area contributed by atoms with Gasteiger partial charge in [0.2, 0.25) is 0 Å². The molecule has 0 bridgehead atoms. The van der Waals surface area contributed by atoms with Gasteiger partial charge in [0.15, 0.2) is 6.10 Å². The summed E-state index contributed by atoms with van der Waals surface area (Å²) < 4.78 is 5.33. The largest absolute Gasteiger partial charge is 0.451 e. The molecular weight excluding hydrogens is 388 g/mol. The molecule has 0 fully saturated rings. The molecule has 0 aliphatic carbocycles. The number of benzene rings is 1. The Morgan fingerprint density at radius 3 is 2.14 bits per heavy atom. The summed E-state index contributed by atoms with van der Waals surface area (Å²) in [7, 11) is 0. The van der Waals surface area contributed by atoms with Gasteiger partial charge in [-0.25, -0.2) is 4.79 Å². The van der Waals surface area contributed by atoms with E-state index in [9.17, 15) is 14.4 Å². The smallest absolute Gasteiger partial charge is 0.329 e. The molecule has 0 saturated heterocycles. The number of thiophene rings is 1. The zero-order valence-corrected chi connectivity index (χ0v) is 18.2. The number of carbonyl (C=O) groups excluding carboxylic acids is 3. The normalized spacial score (nSPS) is 13.1. The van der Waals surface area contributed by atoms with Gasteiger partial charge in [-0.05, 0) is 47.9 Å². The van der Waals surface area contributed by atoms with Crippen LogP contribution in [0.25, 0.3) is 0 Å². The Balaban J connectivity index is 1.95. The fraction of sp³-hybridized carbons (Fsp3) is 0.409. The minimum absolute atomic E-state index is 0.190. The van der Waals surface area contributed by atoms with E-state index >= 15 is 0 Å². The zero-order chi connectivity index (χ0) is 21.6. The molecule has 2 N–H and O–H groups in total. The summed E-state index contributed by atoms with van der Waals surface area (Å²) in [6, 6.07) is 10.1. The van der Waals surface area contributed by atoms with Crippen LogP contribution in [0.1, 0.15) is 55.8 Å². The van der Waals surface area contributed by atoms with Crippen LogP contribution in [0.5, 0.6) is 0 Å². The van der Waals surface area contributed by atoms with E-state index in [1.54, 1.807) is 17.5 Å². The van der Waals surface area contributed by atoms with Crippen LogP contribution in [0.15, 0.2) is 41.8 Å². The van der Waals surface area contributed by atoms with E-state index in [1.165, 1.54) is 23.8 Å². The van der Waals surface area contributed by atoms with Crippen LogP contribution in [-0.2, 0) is 14.3 Å². The number of anilines is 1. The van der Waals surface area contributed by atoms with Gasteiger partial charge in [0, 0.05) is 5.69 Å². The number of esters is 1. The number of ether oxygens (including phenoxy) is 1. The number of nitrogens with one attached hydrogen (secondary N) is 2. The molecule has 0 spiro atoms. The lowest BCUT2D eigenvalue weighted by atomic mass is 10.0.